The van der Waals surface area contributed by atoms with Crippen LogP contribution in [-0.4, -0.2) is 36.5 Å². The van der Waals surface area contributed by atoms with Crippen molar-refractivity contribution in [2.45, 2.75) is 13.0 Å². The van der Waals surface area contributed by atoms with Crippen molar-refractivity contribution in [1.82, 2.24) is 10.2 Å². The number of hydrogen-bond acceptors (Lipinski definition) is 3. The summed E-state index contributed by atoms with van der Waals surface area (Å²) < 4.78 is 1.01. The van der Waals surface area contributed by atoms with Crippen LogP contribution >= 0.6 is 39.7 Å². The Morgan fingerprint density at radius 3 is 2.94 bits per heavy atom. The Hall–Kier alpha value is -0.100. The van der Waals surface area contributed by atoms with Crippen LogP contribution in [0, 0.1) is 0 Å². The first-order valence-electron chi connectivity index (χ1n) is 4.95. The molecule has 0 bridgehead atoms. The maximum absolute atomic E-state index is 12.0. The Kier molecular flexibility index (Phi) is 5.24. The number of piperazine rings is 1. The molecule has 0 aromatic carbocycles. The Balaban J connectivity index is 0.00000128. The average Bonchev–Trinajstić information content (AvgIpc) is 2.64. The summed E-state index contributed by atoms with van der Waals surface area (Å²) in [6.07, 6.45) is 0. The summed E-state index contributed by atoms with van der Waals surface area (Å²) in [7, 11) is 0. The van der Waals surface area contributed by atoms with Gasteiger partial charge in [-0.25, -0.2) is 0 Å². The summed E-state index contributed by atoms with van der Waals surface area (Å²) in [5, 5.41) is 3.32. The minimum atomic E-state index is 0. The lowest BCUT2D eigenvalue weighted by Crippen LogP contribution is -2.51. The van der Waals surface area contributed by atoms with Crippen LogP contribution in [0.25, 0.3) is 0 Å². The van der Waals surface area contributed by atoms with Crippen molar-refractivity contribution in [3.63, 3.8) is 0 Å². The predicted octanol–water partition coefficient (Wildman–Crippen LogP) is 2.37. The third kappa shape index (κ3) is 3.20. The molecule has 3 nitrogen and oxygen atoms in total. The molecule has 2 rings (SSSR count). The number of amides is 1. The second-order valence-corrected chi connectivity index (χ2v) is 6.17. The second-order valence-electron chi connectivity index (χ2n) is 3.71. The van der Waals surface area contributed by atoms with Crippen LogP contribution in [0.4, 0.5) is 0 Å². The quantitative estimate of drug-likeness (QED) is 0.860. The van der Waals surface area contributed by atoms with Crippen LogP contribution in [0.2, 0.25) is 0 Å². The zero-order chi connectivity index (χ0) is 10.8. The van der Waals surface area contributed by atoms with Crippen LogP contribution in [0.3, 0.4) is 0 Å². The molecular formula is C10H14BrClN2OS. The molecule has 1 atom stereocenters. The molecule has 1 aliphatic heterocycles. The highest BCUT2D eigenvalue weighted by molar-refractivity contribution is 9.11. The van der Waals surface area contributed by atoms with E-state index in [9.17, 15) is 4.79 Å². The Morgan fingerprint density at radius 1 is 1.62 bits per heavy atom. The van der Waals surface area contributed by atoms with E-state index in [0.29, 0.717) is 6.04 Å². The first-order chi connectivity index (χ1) is 7.16. The van der Waals surface area contributed by atoms with Crippen molar-refractivity contribution < 1.29 is 4.79 Å². The lowest BCUT2D eigenvalue weighted by atomic mass is 10.2. The smallest absolute Gasteiger partial charge is 0.264 e. The number of nitrogens with one attached hydrogen (secondary N) is 1. The number of carbonyl (C=O) groups is 1. The predicted molar refractivity (Wildman–Crippen MR) is 72.6 cm³/mol. The largest absolute Gasteiger partial charge is 0.335 e. The number of rotatable bonds is 1. The van der Waals surface area contributed by atoms with E-state index in [4.69, 9.17) is 0 Å². The average molecular weight is 326 g/mol. The highest BCUT2D eigenvalue weighted by Gasteiger charge is 2.22. The fourth-order valence-corrected chi connectivity index (χ4v) is 3.06. The molecule has 0 spiro atoms. The summed E-state index contributed by atoms with van der Waals surface area (Å²) in [6, 6.07) is 4.19. The third-order valence-electron chi connectivity index (χ3n) is 2.44. The molecule has 0 radical (unpaired) electrons. The minimum Gasteiger partial charge on any atom is -0.335 e. The minimum absolute atomic E-state index is 0. The van der Waals surface area contributed by atoms with Gasteiger partial charge in [-0.2, -0.15) is 0 Å². The summed E-state index contributed by atoms with van der Waals surface area (Å²) in [5.41, 5.74) is 0. The maximum atomic E-state index is 12.0. The zero-order valence-corrected chi connectivity index (χ0v) is 12.1. The molecule has 1 aliphatic rings. The Labute approximate surface area is 114 Å². The van der Waals surface area contributed by atoms with E-state index in [1.165, 1.54) is 11.3 Å². The molecule has 0 unspecified atom stereocenters. The topological polar surface area (TPSA) is 32.3 Å². The van der Waals surface area contributed by atoms with Crippen molar-refractivity contribution in [3.05, 3.63) is 20.8 Å². The molecule has 1 N–H and O–H groups in total. The second kappa shape index (κ2) is 6.00. The van der Waals surface area contributed by atoms with Crippen LogP contribution < -0.4 is 5.32 Å². The van der Waals surface area contributed by atoms with E-state index >= 15 is 0 Å². The van der Waals surface area contributed by atoms with E-state index in [1.807, 2.05) is 17.0 Å². The summed E-state index contributed by atoms with van der Waals surface area (Å²) in [4.78, 5) is 14.8. The normalized spacial score (nSPS) is 20.4. The van der Waals surface area contributed by atoms with Crippen molar-refractivity contribution >= 4 is 45.6 Å². The first kappa shape index (κ1) is 14.0. The standard InChI is InChI=1S/C10H13BrN2OS.ClH/c1-7-6-13(5-4-12-7)10(14)8-2-3-9(11)15-8;/h2-3,7,12H,4-6H2,1H3;1H/t7-;/m1./s1. The van der Waals surface area contributed by atoms with E-state index < -0.39 is 0 Å². The van der Waals surface area contributed by atoms with Gasteiger partial charge < -0.3 is 10.2 Å². The number of carbonyl (C=O) groups excluding carboxylic acids is 1. The summed E-state index contributed by atoms with van der Waals surface area (Å²) >= 11 is 4.87. The van der Waals surface area contributed by atoms with Gasteiger partial charge in [0.2, 0.25) is 0 Å². The van der Waals surface area contributed by atoms with Gasteiger partial charge in [0.1, 0.15) is 0 Å². The maximum Gasteiger partial charge on any atom is 0.264 e. The molecule has 0 aliphatic carbocycles. The van der Waals surface area contributed by atoms with Crippen molar-refractivity contribution in [3.8, 4) is 0 Å². The number of hydrogen-bond donors (Lipinski definition) is 1. The van der Waals surface area contributed by atoms with Crippen LogP contribution in [0.5, 0.6) is 0 Å². The number of thiophene rings is 1. The molecule has 2 heterocycles. The van der Waals surface area contributed by atoms with Crippen LogP contribution in [0.1, 0.15) is 16.6 Å². The molecule has 16 heavy (non-hydrogen) atoms. The fourth-order valence-electron chi connectivity index (χ4n) is 1.70. The van der Waals surface area contributed by atoms with Gasteiger partial charge in [0.15, 0.2) is 0 Å². The van der Waals surface area contributed by atoms with E-state index in [2.05, 4.69) is 28.2 Å². The Morgan fingerprint density at radius 2 is 2.38 bits per heavy atom. The zero-order valence-electron chi connectivity index (χ0n) is 8.90. The van der Waals surface area contributed by atoms with Gasteiger partial charge in [0, 0.05) is 25.7 Å². The van der Waals surface area contributed by atoms with E-state index in [0.717, 1.165) is 28.3 Å². The summed E-state index contributed by atoms with van der Waals surface area (Å²) in [6.45, 7) is 4.59. The number of halogens is 2. The molecule has 1 fully saturated rings. The fraction of sp³-hybridized carbons (Fsp3) is 0.500. The monoisotopic (exact) mass is 324 g/mol. The molecular weight excluding hydrogens is 312 g/mol. The highest BCUT2D eigenvalue weighted by atomic mass is 79.9. The van der Waals surface area contributed by atoms with Gasteiger partial charge in [0.25, 0.3) is 5.91 Å². The highest BCUT2D eigenvalue weighted by Crippen LogP contribution is 2.23. The molecule has 6 heteroatoms. The van der Waals surface area contributed by atoms with Gasteiger partial charge in [-0.3, -0.25) is 4.79 Å². The lowest BCUT2D eigenvalue weighted by molar-refractivity contribution is 0.0714. The van der Waals surface area contributed by atoms with Gasteiger partial charge in [-0.1, -0.05) is 0 Å². The lowest BCUT2D eigenvalue weighted by Gasteiger charge is -2.31. The van der Waals surface area contributed by atoms with Gasteiger partial charge in [-0.15, -0.1) is 23.7 Å². The van der Waals surface area contributed by atoms with Crippen LogP contribution in [0.15, 0.2) is 15.9 Å². The van der Waals surface area contributed by atoms with E-state index in [1.54, 1.807) is 0 Å². The Bertz CT molecular complexity index is 371. The van der Waals surface area contributed by atoms with Crippen molar-refractivity contribution in [2.24, 2.45) is 0 Å². The molecule has 1 saturated heterocycles. The first-order valence-corrected chi connectivity index (χ1v) is 6.56. The van der Waals surface area contributed by atoms with Gasteiger partial charge >= 0.3 is 0 Å². The SMILES string of the molecule is C[C@@H]1CN(C(=O)c2ccc(Br)s2)CCN1.Cl. The summed E-state index contributed by atoms with van der Waals surface area (Å²) in [5.74, 6) is 0.152. The molecule has 1 aromatic rings. The van der Waals surface area contributed by atoms with Gasteiger partial charge in [-0.05, 0) is 35.0 Å². The van der Waals surface area contributed by atoms with Crippen molar-refractivity contribution in [2.75, 3.05) is 19.6 Å². The number of nitrogens with zero attached hydrogens (tertiary/aromatic N) is 1. The van der Waals surface area contributed by atoms with Gasteiger partial charge in [0.05, 0.1) is 8.66 Å². The molecule has 90 valence electrons. The molecule has 1 aromatic heterocycles. The van der Waals surface area contributed by atoms with Crippen LogP contribution in [-0.2, 0) is 0 Å². The van der Waals surface area contributed by atoms with E-state index in [-0.39, 0.29) is 18.3 Å². The third-order valence-corrected chi connectivity index (χ3v) is 4.05. The van der Waals surface area contributed by atoms with Crippen molar-refractivity contribution in [1.29, 1.82) is 0 Å². The molecule has 0 saturated carbocycles. The molecule has 1 amide bonds.